The molecule has 1 aliphatic heterocycles. The molecule has 1 amide bonds. The summed E-state index contributed by atoms with van der Waals surface area (Å²) in [5, 5.41) is 11.5. The van der Waals surface area contributed by atoms with E-state index in [-0.39, 0.29) is 17.3 Å². The molecule has 1 aliphatic rings. The van der Waals surface area contributed by atoms with Crippen molar-refractivity contribution in [2.45, 2.75) is 6.04 Å². The van der Waals surface area contributed by atoms with Crippen LogP contribution in [-0.4, -0.2) is 33.9 Å². The average Bonchev–Trinajstić information content (AvgIpc) is 3.05. The van der Waals surface area contributed by atoms with Gasteiger partial charge >= 0.3 is 5.91 Å². The smallest absolute Gasteiger partial charge is 0.302 e. The number of amides is 1. The predicted octanol–water partition coefficient (Wildman–Crippen LogP) is 3.76. The van der Waals surface area contributed by atoms with E-state index in [2.05, 4.69) is 9.97 Å². The molecule has 0 saturated carbocycles. The molecule has 1 fully saturated rings. The number of aliphatic hydroxyl groups excluding tert-OH is 1. The Bertz CT molecular complexity index is 1130. The highest BCUT2D eigenvalue weighted by Crippen LogP contribution is 2.41. The number of halogens is 1. The molecule has 7 nitrogen and oxygen atoms in total. The van der Waals surface area contributed by atoms with Crippen LogP contribution in [0.3, 0.4) is 0 Å². The van der Waals surface area contributed by atoms with Crippen molar-refractivity contribution in [1.29, 1.82) is 0 Å². The Morgan fingerprint density at radius 1 is 1.03 bits per heavy atom. The van der Waals surface area contributed by atoms with Gasteiger partial charge in [-0.2, -0.15) is 0 Å². The summed E-state index contributed by atoms with van der Waals surface area (Å²) in [5.41, 5.74) is 0.905. The zero-order valence-electron chi connectivity index (χ0n) is 15.8. The number of anilines is 1. The van der Waals surface area contributed by atoms with E-state index in [0.717, 1.165) is 0 Å². The maximum atomic E-state index is 13.0. The maximum absolute atomic E-state index is 13.0. The summed E-state index contributed by atoms with van der Waals surface area (Å²) < 4.78 is 5.13. The van der Waals surface area contributed by atoms with Crippen molar-refractivity contribution in [3.8, 4) is 5.75 Å². The first-order chi connectivity index (χ1) is 14.5. The van der Waals surface area contributed by atoms with Gasteiger partial charge in [-0.3, -0.25) is 14.5 Å². The summed E-state index contributed by atoms with van der Waals surface area (Å²) in [6, 6.07) is 13.9. The third-order valence-electron chi connectivity index (χ3n) is 4.76. The SMILES string of the molecule is COc1ccc(/C(O)=C2\C(=O)C(=O)N(c3ncccn3)[C@H]2c2ccc(Cl)cc2)cc1. The fraction of sp³-hybridized carbons (Fsp3) is 0.0909. The van der Waals surface area contributed by atoms with Crippen LogP contribution in [0.2, 0.25) is 5.02 Å². The van der Waals surface area contributed by atoms with E-state index in [0.29, 0.717) is 21.9 Å². The molecule has 8 heteroatoms. The van der Waals surface area contributed by atoms with E-state index in [1.54, 1.807) is 54.6 Å². The molecule has 150 valence electrons. The highest BCUT2D eigenvalue weighted by molar-refractivity contribution is 6.51. The second kappa shape index (κ2) is 7.96. The minimum absolute atomic E-state index is 0.0556. The number of rotatable bonds is 4. The van der Waals surface area contributed by atoms with Crippen molar-refractivity contribution >= 4 is 35.0 Å². The minimum Gasteiger partial charge on any atom is -0.507 e. The third-order valence-corrected chi connectivity index (χ3v) is 5.01. The molecule has 0 bridgehead atoms. The first-order valence-electron chi connectivity index (χ1n) is 8.99. The Labute approximate surface area is 177 Å². The average molecular weight is 422 g/mol. The molecule has 2 aromatic carbocycles. The number of carbonyl (C=O) groups is 2. The van der Waals surface area contributed by atoms with E-state index in [4.69, 9.17) is 16.3 Å². The zero-order chi connectivity index (χ0) is 21.3. The van der Waals surface area contributed by atoms with E-state index in [1.165, 1.54) is 24.4 Å². The van der Waals surface area contributed by atoms with Crippen LogP contribution in [0.1, 0.15) is 17.2 Å². The van der Waals surface area contributed by atoms with Gasteiger partial charge in [0.15, 0.2) is 0 Å². The molecule has 0 spiro atoms. The van der Waals surface area contributed by atoms with Crippen LogP contribution in [-0.2, 0) is 9.59 Å². The van der Waals surface area contributed by atoms with Crippen molar-refractivity contribution in [2.75, 3.05) is 12.0 Å². The van der Waals surface area contributed by atoms with Gasteiger partial charge in [0.1, 0.15) is 11.5 Å². The van der Waals surface area contributed by atoms with E-state index < -0.39 is 17.7 Å². The summed E-state index contributed by atoms with van der Waals surface area (Å²) in [5.74, 6) is -1.28. The Hall–Kier alpha value is -3.71. The lowest BCUT2D eigenvalue weighted by Gasteiger charge is -2.23. The van der Waals surface area contributed by atoms with Crippen LogP contribution in [0.5, 0.6) is 5.75 Å². The van der Waals surface area contributed by atoms with Gasteiger partial charge < -0.3 is 9.84 Å². The number of ether oxygens (including phenoxy) is 1. The van der Waals surface area contributed by atoms with E-state index in [9.17, 15) is 14.7 Å². The van der Waals surface area contributed by atoms with Crippen LogP contribution in [0, 0.1) is 0 Å². The summed E-state index contributed by atoms with van der Waals surface area (Å²) in [6.07, 6.45) is 2.95. The lowest BCUT2D eigenvalue weighted by atomic mass is 9.95. The molecule has 3 aromatic rings. The molecule has 1 aromatic heterocycles. The number of methoxy groups -OCH3 is 1. The van der Waals surface area contributed by atoms with Crippen molar-refractivity contribution in [1.82, 2.24) is 9.97 Å². The number of carbonyl (C=O) groups excluding carboxylic acids is 2. The number of hydrogen-bond acceptors (Lipinski definition) is 6. The standard InChI is InChI=1S/C22H16ClN3O4/c1-30-16-9-5-14(6-10-16)19(27)17-18(13-3-7-15(23)8-4-13)26(21(29)20(17)28)22-24-11-2-12-25-22/h2-12,18,27H,1H3/b19-17+/t18-/m0/s1. The molecular formula is C22H16ClN3O4. The van der Waals surface area contributed by atoms with Gasteiger partial charge in [-0.1, -0.05) is 23.7 Å². The van der Waals surface area contributed by atoms with Crippen LogP contribution in [0.4, 0.5) is 5.95 Å². The number of benzene rings is 2. The fourth-order valence-corrected chi connectivity index (χ4v) is 3.45. The number of Topliss-reactive ketones (excluding diaryl/α,β-unsaturated/α-hetero) is 1. The van der Waals surface area contributed by atoms with Crippen molar-refractivity contribution in [2.24, 2.45) is 0 Å². The van der Waals surface area contributed by atoms with Crippen LogP contribution >= 0.6 is 11.6 Å². The van der Waals surface area contributed by atoms with Gasteiger partial charge in [-0.25, -0.2) is 9.97 Å². The highest BCUT2D eigenvalue weighted by atomic mass is 35.5. The quantitative estimate of drug-likeness (QED) is 0.391. The lowest BCUT2D eigenvalue weighted by molar-refractivity contribution is -0.132. The van der Waals surface area contributed by atoms with Crippen LogP contribution in [0.25, 0.3) is 5.76 Å². The number of nitrogens with zero attached hydrogens (tertiary/aromatic N) is 3. The fourth-order valence-electron chi connectivity index (χ4n) is 3.32. The summed E-state index contributed by atoms with van der Waals surface area (Å²) in [4.78, 5) is 35.3. The Balaban J connectivity index is 1.91. The van der Waals surface area contributed by atoms with Crippen molar-refractivity contribution in [3.63, 3.8) is 0 Å². The molecule has 1 N–H and O–H groups in total. The van der Waals surface area contributed by atoms with E-state index >= 15 is 0 Å². The number of aliphatic hydroxyl groups is 1. The molecular weight excluding hydrogens is 406 g/mol. The largest absolute Gasteiger partial charge is 0.507 e. The topological polar surface area (TPSA) is 92.6 Å². The third kappa shape index (κ3) is 3.40. The van der Waals surface area contributed by atoms with Crippen molar-refractivity contribution in [3.05, 3.63) is 88.7 Å². The first kappa shape index (κ1) is 19.6. The minimum atomic E-state index is -0.910. The molecule has 1 saturated heterocycles. The molecule has 0 unspecified atom stereocenters. The van der Waals surface area contributed by atoms with Crippen molar-refractivity contribution < 1.29 is 19.4 Å². The highest BCUT2D eigenvalue weighted by Gasteiger charge is 2.48. The molecule has 2 heterocycles. The summed E-state index contributed by atoms with van der Waals surface area (Å²) in [7, 11) is 1.53. The Morgan fingerprint density at radius 3 is 2.27 bits per heavy atom. The Kier molecular flexibility index (Phi) is 5.20. The van der Waals surface area contributed by atoms with Gasteiger partial charge in [0.2, 0.25) is 5.95 Å². The normalized spacial score (nSPS) is 17.9. The molecule has 30 heavy (non-hydrogen) atoms. The van der Waals surface area contributed by atoms with Gasteiger partial charge in [0.05, 0.1) is 18.7 Å². The van der Waals surface area contributed by atoms with Gasteiger partial charge in [-0.05, 0) is 48.0 Å². The second-order valence-electron chi connectivity index (χ2n) is 6.50. The van der Waals surface area contributed by atoms with Gasteiger partial charge in [0.25, 0.3) is 5.78 Å². The number of hydrogen-bond donors (Lipinski definition) is 1. The molecule has 1 atom stereocenters. The van der Waals surface area contributed by atoms with Crippen LogP contribution < -0.4 is 9.64 Å². The van der Waals surface area contributed by atoms with Gasteiger partial charge in [-0.15, -0.1) is 0 Å². The van der Waals surface area contributed by atoms with Crippen LogP contribution in [0.15, 0.2) is 72.6 Å². The molecule has 0 radical (unpaired) electrons. The monoisotopic (exact) mass is 421 g/mol. The number of ketones is 1. The first-order valence-corrected chi connectivity index (χ1v) is 9.37. The lowest BCUT2D eigenvalue weighted by Crippen LogP contribution is -2.31. The van der Waals surface area contributed by atoms with E-state index in [1.807, 2.05) is 0 Å². The number of aromatic nitrogens is 2. The summed E-state index contributed by atoms with van der Waals surface area (Å²) >= 11 is 6.01. The van der Waals surface area contributed by atoms with Gasteiger partial charge in [0, 0.05) is 23.0 Å². The predicted molar refractivity (Wildman–Crippen MR) is 111 cm³/mol. The second-order valence-corrected chi connectivity index (χ2v) is 6.93. The Morgan fingerprint density at radius 2 is 1.67 bits per heavy atom. The molecule has 0 aliphatic carbocycles. The summed E-state index contributed by atoms with van der Waals surface area (Å²) in [6.45, 7) is 0. The molecule has 4 rings (SSSR count). The zero-order valence-corrected chi connectivity index (χ0v) is 16.6. The maximum Gasteiger partial charge on any atom is 0.302 e.